The molecular weight excluding hydrogens is 298 g/mol. The molecule has 1 unspecified atom stereocenters. The zero-order chi connectivity index (χ0) is 18.5. The largest absolute Gasteiger partial charge is 0.480 e. The quantitative estimate of drug-likeness (QED) is 0.606. The van der Waals surface area contributed by atoms with Crippen LogP contribution in [0.3, 0.4) is 0 Å². The van der Waals surface area contributed by atoms with E-state index in [9.17, 15) is 4.79 Å². The van der Waals surface area contributed by atoms with E-state index in [4.69, 9.17) is 10.5 Å². The topological polar surface area (TPSA) is 50.1 Å². The maximum atomic E-state index is 11.6. The van der Waals surface area contributed by atoms with Gasteiger partial charge < -0.3 is 4.74 Å². The van der Waals surface area contributed by atoms with Gasteiger partial charge in [-0.25, -0.2) is 0 Å². The summed E-state index contributed by atoms with van der Waals surface area (Å²) in [6.45, 7) is 15.3. The van der Waals surface area contributed by atoms with Crippen LogP contribution in [0.2, 0.25) is 0 Å². The fraction of sp³-hybridized carbons (Fsp3) is 0.667. The SMILES string of the molecule is CCCC(Oc1ccc(C(C)(C)CC)cc1C(C)(C)CC)C([NH])=O. The third-order valence-electron chi connectivity index (χ3n) is 5.37. The van der Waals surface area contributed by atoms with E-state index >= 15 is 0 Å². The summed E-state index contributed by atoms with van der Waals surface area (Å²) in [5.74, 6) is 0.103. The molecule has 1 aromatic carbocycles. The summed E-state index contributed by atoms with van der Waals surface area (Å²) in [5.41, 5.74) is 9.94. The van der Waals surface area contributed by atoms with Gasteiger partial charge >= 0.3 is 0 Å². The third-order valence-corrected chi connectivity index (χ3v) is 5.37. The number of hydrogen-bond donors (Lipinski definition) is 0. The predicted octanol–water partition coefficient (Wildman–Crippen LogP) is 5.42. The van der Waals surface area contributed by atoms with Crippen molar-refractivity contribution in [1.82, 2.24) is 5.73 Å². The van der Waals surface area contributed by atoms with Crippen molar-refractivity contribution in [3.63, 3.8) is 0 Å². The predicted molar refractivity (Wildman–Crippen MR) is 101 cm³/mol. The summed E-state index contributed by atoms with van der Waals surface area (Å²) in [4.78, 5) is 11.6. The monoisotopic (exact) mass is 332 g/mol. The van der Waals surface area contributed by atoms with E-state index < -0.39 is 12.0 Å². The third kappa shape index (κ3) is 4.75. The van der Waals surface area contributed by atoms with E-state index in [1.807, 2.05) is 13.0 Å². The summed E-state index contributed by atoms with van der Waals surface area (Å²) >= 11 is 0. The first-order valence-electron chi connectivity index (χ1n) is 9.16. The number of benzene rings is 1. The first-order chi connectivity index (χ1) is 11.1. The highest BCUT2D eigenvalue weighted by Crippen LogP contribution is 2.39. The molecule has 0 bridgehead atoms. The van der Waals surface area contributed by atoms with Gasteiger partial charge in [0.1, 0.15) is 5.75 Å². The van der Waals surface area contributed by atoms with E-state index in [-0.39, 0.29) is 10.8 Å². The average molecular weight is 333 g/mol. The minimum atomic E-state index is -0.675. The molecular formula is C21H34NO2. The Morgan fingerprint density at radius 1 is 1.08 bits per heavy atom. The van der Waals surface area contributed by atoms with Crippen molar-refractivity contribution in [2.24, 2.45) is 0 Å². The van der Waals surface area contributed by atoms with Gasteiger partial charge in [-0.05, 0) is 41.7 Å². The van der Waals surface area contributed by atoms with Gasteiger partial charge in [-0.15, -0.1) is 0 Å². The van der Waals surface area contributed by atoms with Crippen LogP contribution in [0.15, 0.2) is 18.2 Å². The van der Waals surface area contributed by atoms with Gasteiger partial charge in [-0.3, -0.25) is 10.5 Å². The van der Waals surface area contributed by atoms with Crippen molar-refractivity contribution in [2.45, 2.75) is 91.1 Å². The second-order valence-corrected chi connectivity index (χ2v) is 7.95. The molecule has 24 heavy (non-hydrogen) atoms. The molecule has 0 saturated carbocycles. The summed E-state index contributed by atoms with van der Waals surface area (Å²) < 4.78 is 6.00. The van der Waals surface area contributed by atoms with Crippen LogP contribution in [0.1, 0.15) is 85.3 Å². The summed E-state index contributed by atoms with van der Waals surface area (Å²) in [5, 5.41) is 0. The van der Waals surface area contributed by atoms with Crippen LogP contribution in [0, 0.1) is 0 Å². The Labute approximate surface area is 148 Å². The Hall–Kier alpha value is -1.51. The lowest BCUT2D eigenvalue weighted by Crippen LogP contribution is -2.30. The van der Waals surface area contributed by atoms with E-state index in [1.54, 1.807) is 0 Å². The number of carbonyl (C=O) groups excluding carboxylic acids is 1. The van der Waals surface area contributed by atoms with Crippen LogP contribution in [-0.4, -0.2) is 12.0 Å². The maximum Gasteiger partial charge on any atom is 0.279 e. The molecule has 0 fully saturated rings. The minimum absolute atomic E-state index is 0.0446. The number of nitrogens with one attached hydrogen (secondary N) is 1. The number of rotatable bonds is 9. The van der Waals surface area contributed by atoms with Gasteiger partial charge in [-0.1, -0.05) is 67.0 Å². The van der Waals surface area contributed by atoms with Crippen LogP contribution in [0.5, 0.6) is 5.75 Å². The van der Waals surface area contributed by atoms with Crippen LogP contribution in [0.25, 0.3) is 0 Å². The van der Waals surface area contributed by atoms with Gasteiger partial charge in [-0.2, -0.15) is 0 Å². The van der Waals surface area contributed by atoms with Crippen LogP contribution >= 0.6 is 0 Å². The Kier molecular flexibility index (Phi) is 6.88. The van der Waals surface area contributed by atoms with Crippen molar-refractivity contribution in [3.8, 4) is 5.75 Å². The Morgan fingerprint density at radius 3 is 2.12 bits per heavy atom. The summed E-state index contributed by atoms with van der Waals surface area (Å²) in [6.07, 6.45) is 2.76. The molecule has 0 saturated heterocycles. The molecule has 3 nitrogen and oxygen atoms in total. The van der Waals surface area contributed by atoms with Crippen LogP contribution in [0.4, 0.5) is 0 Å². The molecule has 0 heterocycles. The molecule has 3 heteroatoms. The lowest BCUT2D eigenvalue weighted by atomic mass is 9.76. The number of amides is 1. The molecule has 0 aliphatic rings. The molecule has 1 N–H and O–H groups in total. The van der Waals surface area contributed by atoms with E-state index in [0.717, 1.165) is 30.6 Å². The minimum Gasteiger partial charge on any atom is -0.480 e. The molecule has 1 aromatic rings. The van der Waals surface area contributed by atoms with Crippen molar-refractivity contribution in [2.75, 3.05) is 0 Å². The molecule has 0 aliphatic heterocycles. The molecule has 0 aromatic heterocycles. The lowest BCUT2D eigenvalue weighted by molar-refractivity contribution is -0.125. The van der Waals surface area contributed by atoms with Gasteiger partial charge in [0.25, 0.3) is 5.91 Å². The van der Waals surface area contributed by atoms with E-state index in [1.165, 1.54) is 5.56 Å². The zero-order valence-electron chi connectivity index (χ0n) is 16.5. The first-order valence-corrected chi connectivity index (χ1v) is 9.16. The van der Waals surface area contributed by atoms with E-state index in [0.29, 0.717) is 6.42 Å². The highest BCUT2D eigenvalue weighted by atomic mass is 16.5. The van der Waals surface area contributed by atoms with Crippen LogP contribution < -0.4 is 10.5 Å². The van der Waals surface area contributed by atoms with Crippen molar-refractivity contribution in [1.29, 1.82) is 0 Å². The fourth-order valence-corrected chi connectivity index (χ4v) is 2.64. The molecule has 1 atom stereocenters. The maximum absolute atomic E-state index is 11.6. The fourth-order valence-electron chi connectivity index (χ4n) is 2.64. The molecule has 0 aliphatic carbocycles. The Morgan fingerprint density at radius 2 is 1.67 bits per heavy atom. The molecule has 1 radical (unpaired) electrons. The Balaban J connectivity index is 3.36. The number of carbonyl (C=O) groups is 1. The first kappa shape index (κ1) is 20.5. The number of hydrogen-bond acceptors (Lipinski definition) is 2. The second-order valence-electron chi connectivity index (χ2n) is 7.95. The van der Waals surface area contributed by atoms with Crippen LogP contribution in [-0.2, 0) is 15.6 Å². The molecule has 0 spiro atoms. The second kappa shape index (κ2) is 8.04. The molecule has 1 amide bonds. The Bertz CT molecular complexity index is 561. The highest BCUT2D eigenvalue weighted by Gasteiger charge is 2.28. The zero-order valence-corrected chi connectivity index (χ0v) is 16.5. The standard InChI is InChI=1S/C21H34NO2/c1-8-11-18(19(22)23)24-17-13-12-15(20(4,5)9-2)14-16(17)21(6,7)10-3/h12-14,18,22H,8-11H2,1-7H3. The average Bonchev–Trinajstić information content (AvgIpc) is 2.54. The van der Waals surface area contributed by atoms with Gasteiger partial charge in [0.05, 0.1) is 0 Å². The van der Waals surface area contributed by atoms with Crippen molar-refractivity contribution < 1.29 is 9.53 Å². The van der Waals surface area contributed by atoms with Gasteiger partial charge in [0, 0.05) is 5.56 Å². The molecule has 135 valence electrons. The normalized spacial score (nSPS) is 13.6. The van der Waals surface area contributed by atoms with Gasteiger partial charge in [0.2, 0.25) is 0 Å². The smallest absolute Gasteiger partial charge is 0.279 e. The molecule has 1 rings (SSSR count). The van der Waals surface area contributed by atoms with Crippen molar-refractivity contribution >= 4 is 5.91 Å². The van der Waals surface area contributed by atoms with Gasteiger partial charge in [0.15, 0.2) is 6.10 Å². The highest BCUT2D eigenvalue weighted by molar-refractivity contribution is 5.78. The van der Waals surface area contributed by atoms with E-state index in [2.05, 4.69) is 53.7 Å². The number of ether oxygens (including phenoxy) is 1. The summed E-state index contributed by atoms with van der Waals surface area (Å²) in [6, 6.07) is 6.33. The lowest BCUT2D eigenvalue weighted by Gasteiger charge is -2.31. The summed E-state index contributed by atoms with van der Waals surface area (Å²) in [7, 11) is 0. The van der Waals surface area contributed by atoms with Crippen molar-refractivity contribution in [3.05, 3.63) is 29.3 Å².